The van der Waals surface area contributed by atoms with Crippen LogP contribution in [0.25, 0.3) is 0 Å². The molecule has 2 fully saturated rings. The topological polar surface area (TPSA) is 89.5 Å². The lowest BCUT2D eigenvalue weighted by molar-refractivity contribution is -0.274. The molecular formula is C32H32ClF3N2O6. The van der Waals surface area contributed by atoms with Gasteiger partial charge in [-0.15, -0.1) is 13.2 Å². The van der Waals surface area contributed by atoms with Crippen LogP contribution in [0.15, 0.2) is 54.6 Å². The van der Waals surface area contributed by atoms with Gasteiger partial charge in [0.2, 0.25) is 0 Å². The van der Waals surface area contributed by atoms with Crippen LogP contribution in [0.1, 0.15) is 42.9 Å². The Labute approximate surface area is 257 Å². The number of carbonyl (C=O) groups is 1. The van der Waals surface area contributed by atoms with Crippen molar-refractivity contribution in [3.8, 4) is 23.0 Å². The van der Waals surface area contributed by atoms with Crippen LogP contribution in [0.3, 0.4) is 0 Å². The van der Waals surface area contributed by atoms with Crippen LogP contribution in [-0.4, -0.2) is 51.4 Å². The van der Waals surface area contributed by atoms with Crippen molar-refractivity contribution in [2.24, 2.45) is 5.41 Å². The molecule has 0 saturated heterocycles. The molecule has 3 aromatic carbocycles. The first-order valence-corrected chi connectivity index (χ1v) is 14.6. The molecule has 3 aliphatic rings. The highest BCUT2D eigenvalue weighted by Crippen LogP contribution is 2.57. The predicted molar refractivity (Wildman–Crippen MR) is 158 cm³/mol. The quantitative estimate of drug-likeness (QED) is 0.245. The number of alkyl halides is 3. The van der Waals surface area contributed by atoms with Gasteiger partial charge in [0.1, 0.15) is 29.0 Å². The number of hydrogen-bond acceptors (Lipinski definition) is 7. The highest BCUT2D eigenvalue weighted by molar-refractivity contribution is 6.30. The van der Waals surface area contributed by atoms with Gasteiger partial charge < -0.3 is 34.3 Å². The summed E-state index contributed by atoms with van der Waals surface area (Å²) in [5.41, 5.74) is 1.62. The lowest BCUT2D eigenvalue weighted by atomic mass is 9.99. The Morgan fingerprint density at radius 2 is 1.75 bits per heavy atom. The largest absolute Gasteiger partial charge is 0.573 e. The second-order valence-corrected chi connectivity index (χ2v) is 12.2. The van der Waals surface area contributed by atoms with E-state index < -0.39 is 24.1 Å². The van der Waals surface area contributed by atoms with E-state index in [0.29, 0.717) is 52.4 Å². The molecule has 3 aromatic rings. The van der Waals surface area contributed by atoms with E-state index in [9.17, 15) is 23.1 Å². The van der Waals surface area contributed by atoms with Crippen LogP contribution < -0.4 is 29.2 Å². The van der Waals surface area contributed by atoms with E-state index in [-0.39, 0.29) is 17.4 Å². The number of methoxy groups -OCH3 is 2. The second-order valence-electron chi connectivity index (χ2n) is 11.7. The Morgan fingerprint density at radius 1 is 1.00 bits per heavy atom. The first-order valence-electron chi connectivity index (χ1n) is 14.2. The normalized spacial score (nSPS) is 17.9. The van der Waals surface area contributed by atoms with Crippen LogP contribution in [0.4, 0.5) is 24.5 Å². The molecule has 44 heavy (non-hydrogen) atoms. The van der Waals surface area contributed by atoms with Crippen molar-refractivity contribution in [3.05, 3.63) is 70.7 Å². The van der Waals surface area contributed by atoms with Gasteiger partial charge in [-0.1, -0.05) is 23.7 Å². The van der Waals surface area contributed by atoms with Crippen molar-refractivity contribution >= 4 is 28.9 Å². The Balaban J connectivity index is 1.37. The maximum Gasteiger partial charge on any atom is 0.573 e. The minimum atomic E-state index is -4.87. The molecule has 2 aliphatic carbocycles. The Morgan fingerprint density at radius 3 is 2.39 bits per heavy atom. The molecule has 1 heterocycles. The number of aliphatic hydroxyl groups is 1. The van der Waals surface area contributed by atoms with Gasteiger partial charge >= 0.3 is 6.36 Å². The third kappa shape index (κ3) is 6.08. The maximum absolute atomic E-state index is 14.5. The summed E-state index contributed by atoms with van der Waals surface area (Å²) in [5.74, 6) is 0.522. The third-order valence-electron chi connectivity index (χ3n) is 8.66. The van der Waals surface area contributed by atoms with Crippen molar-refractivity contribution < 1.29 is 42.0 Å². The SMILES string of the molecule is COc1cc(NC(C(=O)N2CC3(CC3)c3ccc(OC(F)(F)F)cc32)c2ccc(Cl)cc2OC)cc(OCC2(CO)CC2)c1. The summed E-state index contributed by atoms with van der Waals surface area (Å²) in [6, 6.07) is 13.2. The number of nitrogens with one attached hydrogen (secondary N) is 1. The summed E-state index contributed by atoms with van der Waals surface area (Å²) in [4.78, 5) is 16.1. The number of aliphatic hydroxyl groups excluding tert-OH is 1. The second kappa shape index (κ2) is 11.3. The number of fused-ring (bicyclic) bond motifs is 2. The highest BCUT2D eigenvalue weighted by Gasteiger charge is 2.54. The average molecular weight is 633 g/mol. The van der Waals surface area contributed by atoms with Gasteiger partial charge in [-0.05, 0) is 49.4 Å². The Hall–Kier alpha value is -3.83. The monoisotopic (exact) mass is 632 g/mol. The van der Waals surface area contributed by atoms with E-state index in [1.54, 1.807) is 42.5 Å². The fourth-order valence-electron chi connectivity index (χ4n) is 5.76. The lowest BCUT2D eigenvalue weighted by Crippen LogP contribution is -2.38. The Bertz CT molecular complexity index is 1570. The Kier molecular flexibility index (Phi) is 7.73. The summed E-state index contributed by atoms with van der Waals surface area (Å²) in [5, 5.41) is 13.4. The zero-order chi connectivity index (χ0) is 31.3. The standard InChI is InChI=1S/C32H32ClF3N2O6/c1-41-22-12-20(13-23(14-22)43-18-30(17-39)7-8-30)37-28(24-5-3-19(33)11-27(24)42-2)29(40)38-16-31(9-10-31)25-6-4-21(15-26(25)38)44-32(34,35)36/h3-6,11-15,28,37,39H,7-10,16-18H2,1-2H3. The van der Waals surface area contributed by atoms with Crippen molar-refractivity contribution in [3.63, 3.8) is 0 Å². The number of rotatable bonds is 11. The van der Waals surface area contributed by atoms with E-state index in [1.807, 2.05) is 0 Å². The van der Waals surface area contributed by atoms with E-state index in [2.05, 4.69) is 10.1 Å². The molecule has 2 saturated carbocycles. The molecule has 6 rings (SSSR count). The summed E-state index contributed by atoms with van der Waals surface area (Å²) < 4.78 is 60.6. The first-order chi connectivity index (χ1) is 21.0. The van der Waals surface area contributed by atoms with Crippen LogP contribution >= 0.6 is 11.6 Å². The number of hydrogen-bond donors (Lipinski definition) is 2. The van der Waals surface area contributed by atoms with E-state index >= 15 is 0 Å². The number of anilines is 2. The molecule has 1 unspecified atom stereocenters. The molecule has 2 N–H and O–H groups in total. The molecular weight excluding hydrogens is 601 g/mol. The number of nitrogens with zero attached hydrogens (tertiary/aromatic N) is 1. The number of halogens is 4. The molecule has 1 spiro atoms. The number of amides is 1. The lowest BCUT2D eigenvalue weighted by Gasteiger charge is -2.28. The third-order valence-corrected chi connectivity index (χ3v) is 8.90. The molecule has 0 bridgehead atoms. The minimum absolute atomic E-state index is 0.0313. The summed E-state index contributed by atoms with van der Waals surface area (Å²) in [6.45, 7) is 0.683. The van der Waals surface area contributed by atoms with Gasteiger partial charge in [0.25, 0.3) is 5.91 Å². The smallest absolute Gasteiger partial charge is 0.497 e. The van der Waals surface area contributed by atoms with Gasteiger partial charge in [-0.2, -0.15) is 0 Å². The molecule has 8 nitrogen and oxygen atoms in total. The molecule has 12 heteroatoms. The molecule has 1 aliphatic heterocycles. The first kappa shape index (κ1) is 30.2. The van der Waals surface area contributed by atoms with Crippen LogP contribution in [0.2, 0.25) is 5.02 Å². The maximum atomic E-state index is 14.5. The number of benzene rings is 3. The fourth-order valence-corrected chi connectivity index (χ4v) is 5.93. The van der Waals surface area contributed by atoms with E-state index in [0.717, 1.165) is 31.2 Å². The van der Waals surface area contributed by atoms with Gasteiger partial charge in [0.05, 0.1) is 33.1 Å². The highest BCUT2D eigenvalue weighted by atomic mass is 35.5. The molecule has 234 valence electrons. The predicted octanol–water partition coefficient (Wildman–Crippen LogP) is 6.64. The van der Waals surface area contributed by atoms with E-state index in [4.69, 9.17) is 25.8 Å². The molecule has 1 amide bonds. The van der Waals surface area contributed by atoms with Crippen LogP contribution in [0.5, 0.6) is 23.0 Å². The fraction of sp³-hybridized carbons (Fsp3) is 0.406. The van der Waals surface area contributed by atoms with Gasteiger partial charge in [-0.3, -0.25) is 4.79 Å². The zero-order valence-corrected chi connectivity index (χ0v) is 24.9. The van der Waals surface area contributed by atoms with Crippen LogP contribution in [-0.2, 0) is 10.2 Å². The van der Waals surface area contributed by atoms with Gasteiger partial charge in [-0.25, -0.2) is 0 Å². The molecule has 1 atom stereocenters. The van der Waals surface area contributed by atoms with Crippen LogP contribution in [0, 0.1) is 5.41 Å². The molecule has 0 radical (unpaired) electrons. The van der Waals surface area contributed by atoms with Gasteiger partial charge in [0.15, 0.2) is 0 Å². The van der Waals surface area contributed by atoms with Gasteiger partial charge in [0, 0.05) is 57.9 Å². The van der Waals surface area contributed by atoms with Crippen molar-refractivity contribution in [1.82, 2.24) is 0 Å². The summed E-state index contributed by atoms with van der Waals surface area (Å²) in [7, 11) is 2.98. The van der Waals surface area contributed by atoms with Crippen molar-refractivity contribution in [2.45, 2.75) is 43.5 Å². The summed E-state index contributed by atoms with van der Waals surface area (Å²) >= 11 is 6.25. The average Bonchev–Trinajstić information content (AvgIpc) is 3.92. The zero-order valence-electron chi connectivity index (χ0n) is 24.2. The van der Waals surface area contributed by atoms with Crippen molar-refractivity contribution in [2.75, 3.05) is 44.2 Å². The van der Waals surface area contributed by atoms with Crippen molar-refractivity contribution in [1.29, 1.82) is 0 Å². The number of carbonyl (C=O) groups excluding carboxylic acids is 1. The summed E-state index contributed by atoms with van der Waals surface area (Å²) in [6.07, 6.45) is -1.49. The van der Waals surface area contributed by atoms with E-state index in [1.165, 1.54) is 31.3 Å². The number of ether oxygens (including phenoxy) is 4. The minimum Gasteiger partial charge on any atom is -0.497 e. The molecule has 0 aromatic heterocycles.